The summed E-state index contributed by atoms with van der Waals surface area (Å²) < 4.78 is 64.7. The third kappa shape index (κ3) is 12.5. The molecule has 0 aliphatic carbocycles. The van der Waals surface area contributed by atoms with Crippen molar-refractivity contribution >= 4 is 74.5 Å². The molecule has 5 atom stereocenters. The lowest BCUT2D eigenvalue weighted by molar-refractivity contribution is -0.120. The zero-order valence-corrected chi connectivity index (χ0v) is 39.3. The highest BCUT2D eigenvalue weighted by atomic mass is 33.1. The van der Waals surface area contributed by atoms with E-state index in [4.69, 9.17) is 29.7 Å². The first kappa shape index (κ1) is 51.4. The summed E-state index contributed by atoms with van der Waals surface area (Å²) in [5, 5.41) is 38.9. The van der Waals surface area contributed by atoms with Gasteiger partial charge in [-0.3, -0.25) is 13.9 Å². The molecule has 7 rings (SSSR count). The Morgan fingerprint density at radius 3 is 2.28 bits per heavy atom. The number of nitrogens with one attached hydrogen (secondary N) is 3. The Kier molecular flexibility index (Phi) is 15.5. The van der Waals surface area contributed by atoms with Crippen LogP contribution in [0.4, 0.5) is 16.3 Å². The first-order valence-corrected chi connectivity index (χ1v) is 26.8. The molecular formula is C38H39N6O20P3S2. The molecule has 1 saturated heterocycles. The van der Waals surface area contributed by atoms with Crippen LogP contribution in [0, 0.1) is 11.8 Å². The monoisotopic (exact) mass is 1060 g/mol. The van der Waals surface area contributed by atoms with Crippen LogP contribution in [-0.2, 0) is 46.7 Å². The van der Waals surface area contributed by atoms with Crippen LogP contribution in [0.5, 0.6) is 23.0 Å². The third-order valence-corrected chi connectivity index (χ3v) is 16.1. The van der Waals surface area contributed by atoms with E-state index in [9.17, 15) is 58.0 Å². The Hall–Kier alpha value is -5.46. The minimum absolute atomic E-state index is 0.0389. The number of aliphatic hydroxyl groups excluding tert-OH is 1. The number of hydrogen-bond acceptors (Lipinski definition) is 20. The fourth-order valence-electron chi connectivity index (χ4n) is 7.07. The van der Waals surface area contributed by atoms with Crippen molar-refractivity contribution in [1.82, 2.24) is 20.2 Å². The molecule has 1 aromatic heterocycles. The van der Waals surface area contributed by atoms with Crippen LogP contribution in [0.1, 0.15) is 51.7 Å². The summed E-state index contributed by atoms with van der Waals surface area (Å²) in [6.07, 6.45) is -3.08. The molecule has 4 aromatic rings. The second-order valence-corrected chi connectivity index (χ2v) is 21.8. The molecule has 0 bridgehead atoms. The van der Waals surface area contributed by atoms with Crippen LogP contribution in [-0.4, -0.2) is 106 Å². The van der Waals surface area contributed by atoms with Crippen molar-refractivity contribution in [3.8, 4) is 34.8 Å². The minimum atomic E-state index is -5.78. The number of aliphatic hydroxyl groups is 1. The number of phenolic OH excluding ortho intramolecular Hbond substituents is 2. The molecule has 1 spiro atoms. The molecule has 3 aromatic carbocycles. The van der Waals surface area contributed by atoms with Crippen LogP contribution < -0.4 is 32.1 Å². The lowest BCUT2D eigenvalue weighted by Crippen LogP contribution is -2.33. The molecular weight excluding hydrogens is 1020 g/mol. The number of fused-ring (bicyclic) bond motifs is 6. The molecule has 69 heavy (non-hydrogen) atoms. The standard InChI is InChI=1S/C38H39N6O20P3S2/c39-34-20(18-44(37(51)43-34)33-17-28(47)31(61-33)19-59-66(55,56)64-67(57,58)63-65(52,53)54)2-1-10-40-32(48)9-12-68-69-13-11-41-36(50)42-21-3-6-24-27(14-21)38(62-35(24)49)25-7-4-22(45)15-29(25)60-30-16-23(46)5-8-26(30)38/h3-8,14-16,18,28,31,33,45-47H,9-13,17,19H2,(H,40,48)(H,55,56)(H,57,58)(H2,39,43,51)(H2,41,42,50)(H2,52,53,54)/t28-,31+,33+/m0/s1. The highest BCUT2D eigenvalue weighted by molar-refractivity contribution is 8.76. The Bertz CT molecular complexity index is 2910. The number of aromatic nitrogens is 2. The van der Waals surface area contributed by atoms with Gasteiger partial charge in [0.25, 0.3) is 0 Å². The van der Waals surface area contributed by atoms with Crippen LogP contribution in [0.15, 0.2) is 65.6 Å². The van der Waals surface area contributed by atoms with Gasteiger partial charge < -0.3 is 70.8 Å². The Morgan fingerprint density at radius 1 is 0.913 bits per heavy atom. The molecule has 3 aliphatic heterocycles. The van der Waals surface area contributed by atoms with Gasteiger partial charge in [-0.05, 0) is 42.5 Å². The molecule has 0 saturated carbocycles. The van der Waals surface area contributed by atoms with Gasteiger partial charge in [-0.25, -0.2) is 28.1 Å². The van der Waals surface area contributed by atoms with Gasteiger partial charge in [0.2, 0.25) is 5.91 Å². The molecule has 4 heterocycles. The zero-order valence-electron chi connectivity index (χ0n) is 35.0. The second kappa shape index (κ2) is 20.9. The van der Waals surface area contributed by atoms with E-state index in [1.165, 1.54) is 58.1 Å². The number of anilines is 2. The molecule has 3 amide bonds. The average molecular weight is 1060 g/mol. The van der Waals surface area contributed by atoms with Crippen molar-refractivity contribution in [1.29, 1.82) is 0 Å². The molecule has 2 unspecified atom stereocenters. The maximum absolute atomic E-state index is 13.2. The molecule has 12 N–H and O–H groups in total. The van der Waals surface area contributed by atoms with Crippen LogP contribution >= 0.6 is 45.1 Å². The predicted octanol–water partition coefficient (Wildman–Crippen LogP) is 2.86. The fraction of sp³-hybridized carbons (Fsp3) is 0.289. The molecule has 1 fully saturated rings. The minimum Gasteiger partial charge on any atom is -0.508 e. The summed E-state index contributed by atoms with van der Waals surface area (Å²) in [4.78, 5) is 91.1. The van der Waals surface area contributed by atoms with E-state index in [2.05, 4.69) is 45.9 Å². The number of nitrogens with two attached hydrogens (primary N) is 1. The van der Waals surface area contributed by atoms with E-state index in [-0.39, 0.29) is 71.8 Å². The van der Waals surface area contributed by atoms with Crippen molar-refractivity contribution in [2.45, 2.75) is 36.9 Å². The van der Waals surface area contributed by atoms with Crippen molar-refractivity contribution in [3.05, 3.63) is 99.1 Å². The van der Waals surface area contributed by atoms with E-state index in [0.29, 0.717) is 33.9 Å². The van der Waals surface area contributed by atoms with E-state index < -0.39 is 71.8 Å². The Morgan fingerprint density at radius 2 is 1.59 bits per heavy atom. The summed E-state index contributed by atoms with van der Waals surface area (Å²) in [6, 6.07) is 13.0. The topological polar surface area (TPSA) is 396 Å². The summed E-state index contributed by atoms with van der Waals surface area (Å²) in [7, 11) is -14.1. The first-order chi connectivity index (χ1) is 32.5. The summed E-state index contributed by atoms with van der Waals surface area (Å²) in [5.74, 6) is 5.30. The van der Waals surface area contributed by atoms with Gasteiger partial charge in [-0.15, -0.1) is 0 Å². The van der Waals surface area contributed by atoms with Gasteiger partial charge in [0.05, 0.1) is 30.4 Å². The number of ether oxygens (including phenoxy) is 3. The average Bonchev–Trinajstić information content (AvgIpc) is 3.75. The highest BCUT2D eigenvalue weighted by Crippen LogP contribution is 2.66. The Labute approximate surface area is 396 Å². The van der Waals surface area contributed by atoms with Crippen LogP contribution in [0.2, 0.25) is 0 Å². The zero-order chi connectivity index (χ0) is 49.9. The van der Waals surface area contributed by atoms with Crippen LogP contribution in [0.25, 0.3) is 0 Å². The number of nitrogen functional groups attached to an aromatic ring is 1. The molecule has 26 nitrogen and oxygen atoms in total. The fourth-order valence-corrected chi connectivity index (χ4v) is 12.0. The number of carbonyl (C=O) groups is 3. The number of phenols is 2. The van der Waals surface area contributed by atoms with E-state index >= 15 is 0 Å². The van der Waals surface area contributed by atoms with Crippen molar-refractivity contribution in [2.24, 2.45) is 0 Å². The number of nitrogens with zero attached hydrogens (tertiary/aromatic N) is 2. The number of benzene rings is 3. The second-order valence-electron chi connectivity index (χ2n) is 14.7. The first-order valence-electron chi connectivity index (χ1n) is 19.8. The highest BCUT2D eigenvalue weighted by Gasteiger charge is 2.54. The lowest BCUT2D eigenvalue weighted by Gasteiger charge is -2.36. The maximum Gasteiger partial charge on any atom is 0.490 e. The number of esters is 1. The van der Waals surface area contributed by atoms with Crippen molar-refractivity contribution in [3.63, 3.8) is 0 Å². The van der Waals surface area contributed by atoms with E-state index in [1.54, 1.807) is 24.3 Å². The smallest absolute Gasteiger partial charge is 0.490 e. The van der Waals surface area contributed by atoms with Gasteiger partial charge >= 0.3 is 41.2 Å². The Balaban J connectivity index is 0.827. The van der Waals surface area contributed by atoms with Crippen molar-refractivity contribution < 1.29 is 90.3 Å². The van der Waals surface area contributed by atoms with E-state index in [1.807, 2.05) is 0 Å². The third-order valence-electron chi connectivity index (χ3n) is 9.91. The van der Waals surface area contributed by atoms with E-state index in [0.717, 1.165) is 4.57 Å². The quantitative estimate of drug-likeness (QED) is 0.0238. The van der Waals surface area contributed by atoms with Crippen molar-refractivity contribution in [2.75, 3.05) is 42.3 Å². The van der Waals surface area contributed by atoms with Gasteiger partial charge in [0.1, 0.15) is 41.1 Å². The lowest BCUT2D eigenvalue weighted by atomic mass is 9.77. The number of hydrogen-bond donors (Lipinski definition) is 11. The van der Waals surface area contributed by atoms with Gasteiger partial charge in [0.15, 0.2) is 5.60 Å². The number of aromatic hydroxyl groups is 2. The molecule has 368 valence electrons. The molecule has 0 radical (unpaired) electrons. The summed E-state index contributed by atoms with van der Waals surface area (Å²) >= 11 is 0. The predicted molar refractivity (Wildman–Crippen MR) is 242 cm³/mol. The number of urea groups is 1. The van der Waals surface area contributed by atoms with Crippen LogP contribution in [0.3, 0.4) is 0 Å². The van der Waals surface area contributed by atoms with Gasteiger partial charge in [0, 0.05) is 71.6 Å². The summed E-state index contributed by atoms with van der Waals surface area (Å²) in [5.41, 5.74) is 5.36. The maximum atomic E-state index is 13.2. The number of rotatable bonds is 17. The SMILES string of the molecule is Nc1nc(=O)n([C@H]2C[C@H](O)[C@@H](COP(=O)(O)OP(=O)(O)OP(=O)(O)O)O2)cc1C#CCNC(=O)CCSSCCNC(=O)Nc1ccc2c(c1)C1(OC2=O)c2ccc(O)cc2Oc2cc(O)ccc21. The largest absolute Gasteiger partial charge is 0.508 e. The summed E-state index contributed by atoms with van der Waals surface area (Å²) in [6.45, 7) is -0.816. The number of phosphoric ester groups is 1. The van der Waals surface area contributed by atoms with Gasteiger partial charge in [-0.2, -0.15) is 13.6 Å². The normalized spacial score (nSPS) is 19.3. The molecule has 31 heteroatoms. The molecule has 3 aliphatic rings. The number of phosphoric acid groups is 3. The number of amides is 3. The van der Waals surface area contributed by atoms with Gasteiger partial charge in [-0.1, -0.05) is 33.4 Å². The number of carbonyl (C=O) groups excluding carboxylic acids is 3.